The third-order valence-electron chi connectivity index (χ3n) is 6.11. The number of amides is 1. The van der Waals surface area contributed by atoms with Crippen molar-refractivity contribution >= 4 is 34.7 Å². The molecule has 0 saturated heterocycles. The predicted octanol–water partition coefficient (Wildman–Crippen LogP) is 5.58. The van der Waals surface area contributed by atoms with Crippen molar-refractivity contribution < 1.29 is 18.0 Å². The molecule has 8 nitrogen and oxygen atoms in total. The van der Waals surface area contributed by atoms with Gasteiger partial charge >= 0.3 is 0 Å². The highest BCUT2D eigenvalue weighted by molar-refractivity contribution is 7.99. The molecule has 1 aliphatic heterocycles. The van der Waals surface area contributed by atoms with E-state index in [-0.39, 0.29) is 17.7 Å². The summed E-state index contributed by atoms with van der Waals surface area (Å²) in [5, 5.41) is 14.7. The van der Waals surface area contributed by atoms with Crippen LogP contribution >= 0.6 is 23.1 Å². The van der Waals surface area contributed by atoms with Crippen LogP contribution < -0.4 is 0 Å². The first-order valence-corrected chi connectivity index (χ1v) is 13.0. The fraction of sp³-hybridized carbons (Fsp3) is 0.333. The van der Waals surface area contributed by atoms with Gasteiger partial charge in [-0.2, -0.15) is 5.10 Å². The zero-order valence-corrected chi connectivity index (χ0v) is 20.1. The second-order valence-electron chi connectivity index (χ2n) is 8.57. The zero-order valence-electron chi connectivity index (χ0n) is 18.5. The molecule has 34 heavy (non-hydrogen) atoms. The number of carbonyl (C=O) groups excluding carboxylic acids is 1. The minimum Gasteiger partial charge on any atom is -0.467 e. The van der Waals surface area contributed by atoms with Crippen LogP contribution in [0.3, 0.4) is 0 Å². The average molecular weight is 495 g/mol. The predicted molar refractivity (Wildman–Crippen MR) is 128 cm³/mol. The molecule has 0 aromatic carbocycles. The van der Waals surface area contributed by atoms with Gasteiger partial charge in [0.25, 0.3) is 17.0 Å². The fourth-order valence-corrected chi connectivity index (χ4v) is 6.15. The lowest BCUT2D eigenvalue weighted by molar-refractivity contribution is -0.130. The molecule has 1 amide bonds. The molecule has 0 bridgehead atoms. The SMILES string of the molecule is CC1CCc2sc(-c3nnc(SCC(=O)N4N=C(c5ccco5)CC4c4ccco4)o3)cc2C1. The molecule has 0 N–H and O–H groups in total. The Kier molecular flexibility index (Phi) is 5.62. The van der Waals surface area contributed by atoms with Crippen LogP contribution in [0.1, 0.15) is 47.8 Å². The summed E-state index contributed by atoms with van der Waals surface area (Å²) in [6.07, 6.45) is 7.14. The van der Waals surface area contributed by atoms with E-state index in [1.807, 2.05) is 12.1 Å². The summed E-state index contributed by atoms with van der Waals surface area (Å²) in [7, 11) is 0. The van der Waals surface area contributed by atoms with Crippen molar-refractivity contribution in [2.45, 2.75) is 43.9 Å². The summed E-state index contributed by atoms with van der Waals surface area (Å²) in [4.78, 5) is 15.5. The Morgan fingerprint density at radius 1 is 1.21 bits per heavy atom. The molecule has 10 heteroatoms. The van der Waals surface area contributed by atoms with Crippen molar-refractivity contribution in [3.63, 3.8) is 0 Å². The van der Waals surface area contributed by atoms with Crippen LogP contribution in [0.15, 0.2) is 66.4 Å². The summed E-state index contributed by atoms with van der Waals surface area (Å²) in [5.74, 6) is 2.49. The highest BCUT2D eigenvalue weighted by Crippen LogP contribution is 2.38. The molecule has 0 saturated carbocycles. The maximum atomic E-state index is 13.1. The second-order valence-corrected chi connectivity index (χ2v) is 10.6. The van der Waals surface area contributed by atoms with E-state index >= 15 is 0 Å². The minimum atomic E-state index is -0.318. The maximum Gasteiger partial charge on any atom is 0.277 e. The van der Waals surface area contributed by atoms with Gasteiger partial charge in [0.05, 0.1) is 23.2 Å². The smallest absolute Gasteiger partial charge is 0.277 e. The van der Waals surface area contributed by atoms with Crippen molar-refractivity contribution in [2.75, 3.05) is 5.75 Å². The lowest BCUT2D eigenvalue weighted by atomic mass is 9.90. The molecule has 4 aromatic rings. The summed E-state index contributed by atoms with van der Waals surface area (Å²) in [6.45, 7) is 2.29. The van der Waals surface area contributed by atoms with Gasteiger partial charge in [-0.15, -0.1) is 21.5 Å². The van der Waals surface area contributed by atoms with Gasteiger partial charge < -0.3 is 13.3 Å². The van der Waals surface area contributed by atoms with Crippen LogP contribution in [-0.2, 0) is 17.6 Å². The van der Waals surface area contributed by atoms with Crippen molar-refractivity contribution in [1.82, 2.24) is 15.2 Å². The van der Waals surface area contributed by atoms with Gasteiger partial charge in [-0.25, -0.2) is 5.01 Å². The molecule has 6 rings (SSSR count). The van der Waals surface area contributed by atoms with Crippen molar-refractivity contribution in [2.24, 2.45) is 11.0 Å². The number of hydrazone groups is 1. The Balaban J connectivity index is 1.15. The van der Waals surface area contributed by atoms with Crippen LogP contribution in [0.5, 0.6) is 0 Å². The van der Waals surface area contributed by atoms with E-state index in [0.717, 1.165) is 17.7 Å². The lowest BCUT2D eigenvalue weighted by Crippen LogP contribution is -2.28. The number of carbonyl (C=O) groups is 1. The molecular weight excluding hydrogens is 472 g/mol. The van der Waals surface area contributed by atoms with Crippen molar-refractivity contribution in [1.29, 1.82) is 0 Å². The first kappa shape index (κ1) is 21.4. The molecule has 5 heterocycles. The average Bonchev–Trinajstić information content (AvgIpc) is 3.66. The Morgan fingerprint density at radius 2 is 2.09 bits per heavy atom. The van der Waals surface area contributed by atoms with Crippen molar-refractivity contribution in [3.8, 4) is 10.8 Å². The van der Waals surface area contributed by atoms with E-state index in [1.165, 1.54) is 33.6 Å². The Hall–Kier alpha value is -3.11. The molecule has 1 aliphatic carbocycles. The van der Waals surface area contributed by atoms with Crippen molar-refractivity contribution in [3.05, 3.63) is 64.8 Å². The van der Waals surface area contributed by atoms with Crippen LogP contribution in [0.4, 0.5) is 0 Å². The lowest BCUT2D eigenvalue weighted by Gasteiger charge is -2.19. The first-order valence-electron chi connectivity index (χ1n) is 11.2. The van der Waals surface area contributed by atoms with E-state index in [2.05, 4.69) is 28.3 Å². The largest absolute Gasteiger partial charge is 0.467 e. The van der Waals surface area contributed by atoms with Gasteiger partial charge in [0.1, 0.15) is 23.3 Å². The van der Waals surface area contributed by atoms with Gasteiger partial charge in [-0.3, -0.25) is 4.79 Å². The molecule has 2 aliphatic rings. The number of fused-ring (bicyclic) bond motifs is 1. The monoisotopic (exact) mass is 494 g/mol. The molecule has 0 spiro atoms. The van der Waals surface area contributed by atoms with Gasteiger partial charge in [0, 0.05) is 11.3 Å². The number of rotatable bonds is 6. The van der Waals surface area contributed by atoms with Gasteiger partial charge in [-0.1, -0.05) is 18.7 Å². The second kappa shape index (κ2) is 8.92. The quantitative estimate of drug-likeness (QED) is 0.323. The first-order chi connectivity index (χ1) is 16.6. The number of hydrogen-bond acceptors (Lipinski definition) is 9. The van der Waals surface area contributed by atoms with E-state index < -0.39 is 0 Å². The van der Waals surface area contributed by atoms with Crippen LogP contribution in [0, 0.1) is 5.92 Å². The fourth-order valence-electron chi connectivity index (χ4n) is 4.40. The number of thiophene rings is 1. The van der Waals surface area contributed by atoms with E-state index in [0.29, 0.717) is 40.7 Å². The number of hydrogen-bond donors (Lipinski definition) is 0. The Bertz CT molecular complexity index is 1320. The summed E-state index contributed by atoms with van der Waals surface area (Å²) >= 11 is 2.94. The highest BCUT2D eigenvalue weighted by atomic mass is 32.2. The van der Waals surface area contributed by atoms with E-state index in [9.17, 15) is 4.79 Å². The zero-order chi connectivity index (χ0) is 23.1. The molecular formula is C24H22N4O4S2. The number of nitrogens with zero attached hydrogens (tertiary/aromatic N) is 4. The van der Waals surface area contributed by atoms with E-state index in [4.69, 9.17) is 13.3 Å². The number of aryl methyl sites for hydroxylation is 1. The molecule has 2 atom stereocenters. The number of aromatic nitrogens is 2. The normalized spacial score (nSPS) is 19.9. The molecule has 0 fully saturated rings. The van der Waals surface area contributed by atoms with Crippen LogP contribution in [-0.4, -0.2) is 32.6 Å². The molecule has 4 aromatic heterocycles. The number of thioether (sulfide) groups is 1. The number of furan rings is 2. The van der Waals surface area contributed by atoms with Crippen LogP contribution in [0.2, 0.25) is 0 Å². The Labute approximate surface area is 204 Å². The van der Waals surface area contributed by atoms with Crippen LogP contribution in [0.25, 0.3) is 10.8 Å². The summed E-state index contributed by atoms with van der Waals surface area (Å²) < 4.78 is 16.9. The molecule has 174 valence electrons. The minimum absolute atomic E-state index is 0.117. The van der Waals surface area contributed by atoms with Gasteiger partial charge in [-0.05, 0) is 61.1 Å². The third-order valence-corrected chi connectivity index (χ3v) is 8.14. The third kappa shape index (κ3) is 4.12. The van der Waals surface area contributed by atoms with Gasteiger partial charge in [0.15, 0.2) is 0 Å². The topological polar surface area (TPSA) is 97.9 Å². The molecule has 0 radical (unpaired) electrons. The van der Waals surface area contributed by atoms with Gasteiger partial charge in [0.2, 0.25) is 0 Å². The summed E-state index contributed by atoms with van der Waals surface area (Å²) in [6, 6.07) is 9.15. The standard InChI is InChI=1S/C24H22N4O4S2/c1-14-6-7-20-15(10-14)11-21(34-20)23-25-26-24(32-23)33-13-22(29)28-17(19-5-3-9-31-19)12-16(27-28)18-4-2-8-30-18/h2-5,8-9,11,14,17H,6-7,10,12-13H2,1H3. The Morgan fingerprint density at radius 3 is 2.91 bits per heavy atom. The highest BCUT2D eigenvalue weighted by Gasteiger charge is 2.35. The molecule has 2 unspecified atom stereocenters. The van der Waals surface area contributed by atoms with E-state index in [1.54, 1.807) is 36.0 Å². The summed E-state index contributed by atoms with van der Waals surface area (Å²) in [5.41, 5.74) is 2.10. The maximum absolute atomic E-state index is 13.1.